The maximum Gasteiger partial charge on any atom is 0.494 e. The summed E-state index contributed by atoms with van der Waals surface area (Å²) in [5.41, 5.74) is 0.150. The van der Waals surface area contributed by atoms with Crippen molar-refractivity contribution >= 4 is 35.8 Å². The van der Waals surface area contributed by atoms with E-state index in [1.807, 2.05) is 45.9 Å². The molecule has 1 fully saturated rings. The van der Waals surface area contributed by atoms with E-state index in [1.54, 1.807) is 6.07 Å². The Morgan fingerprint density at radius 2 is 1.68 bits per heavy atom. The van der Waals surface area contributed by atoms with Crippen LogP contribution in [0.3, 0.4) is 0 Å². The first-order valence-electron chi connectivity index (χ1n) is 6.12. The van der Waals surface area contributed by atoms with Gasteiger partial charge in [0.15, 0.2) is 0 Å². The van der Waals surface area contributed by atoms with Gasteiger partial charge in [-0.1, -0.05) is 35.3 Å². The van der Waals surface area contributed by atoms with Crippen molar-refractivity contribution in [1.82, 2.24) is 0 Å². The Bertz CT molecular complexity index is 447. The molecule has 104 valence electrons. The zero-order valence-electron chi connectivity index (χ0n) is 11.4. The zero-order valence-corrected chi connectivity index (χ0v) is 13.0. The molecule has 1 aromatic carbocycles. The van der Waals surface area contributed by atoms with E-state index in [2.05, 4.69) is 0 Å². The molecule has 2 rings (SSSR count). The van der Waals surface area contributed by atoms with Gasteiger partial charge in [-0.2, -0.15) is 0 Å². The van der Waals surface area contributed by atoms with Gasteiger partial charge < -0.3 is 14.0 Å². The summed E-state index contributed by atoms with van der Waals surface area (Å²) >= 11 is 11.2. The number of alkyl halides is 2. The monoisotopic (exact) mass is 302 g/mol. The van der Waals surface area contributed by atoms with E-state index in [0.717, 1.165) is 5.46 Å². The van der Waals surface area contributed by atoms with Gasteiger partial charge in [0.05, 0.1) is 11.2 Å². The molecule has 1 aromatic rings. The number of benzene rings is 1. The highest BCUT2D eigenvalue weighted by molar-refractivity contribution is 6.62. The zero-order chi connectivity index (χ0) is 14.3. The Morgan fingerprint density at radius 3 is 2.21 bits per heavy atom. The summed E-state index contributed by atoms with van der Waals surface area (Å²) in [6.07, 6.45) is 0. The highest BCUT2D eigenvalue weighted by Gasteiger charge is 2.51. The molecule has 0 aliphatic carbocycles. The van der Waals surface area contributed by atoms with Crippen LogP contribution in [0, 0.1) is 0 Å². The fourth-order valence-electron chi connectivity index (χ4n) is 1.82. The van der Waals surface area contributed by atoms with Crippen molar-refractivity contribution in [2.24, 2.45) is 0 Å². The number of rotatable bonds is 3. The predicted molar refractivity (Wildman–Crippen MR) is 78.3 cm³/mol. The smallest absolute Gasteiger partial charge is 0.461 e. The predicted octanol–water partition coefficient (Wildman–Crippen LogP) is 3.13. The van der Waals surface area contributed by atoms with E-state index < -0.39 is 12.1 Å². The molecule has 0 saturated carbocycles. The van der Waals surface area contributed by atoms with Gasteiger partial charge in [-0.15, -0.1) is 0 Å². The molecule has 0 radical (unpaired) electrons. The molecule has 1 heterocycles. The number of halogens is 2. The fraction of sp³-hybridized carbons (Fsp3) is 0.538. The van der Waals surface area contributed by atoms with Gasteiger partial charge in [0.2, 0.25) is 5.02 Å². The molecule has 1 saturated heterocycles. The highest BCUT2D eigenvalue weighted by atomic mass is 35.5. The van der Waals surface area contributed by atoms with Crippen LogP contribution in [0.1, 0.15) is 27.7 Å². The minimum absolute atomic E-state index is 0.365. The van der Waals surface area contributed by atoms with Crippen LogP contribution in [0.5, 0.6) is 5.75 Å². The molecule has 0 N–H and O–H groups in total. The van der Waals surface area contributed by atoms with Gasteiger partial charge in [-0.3, -0.25) is 0 Å². The molecule has 0 bridgehead atoms. The van der Waals surface area contributed by atoms with E-state index in [1.165, 1.54) is 0 Å². The summed E-state index contributed by atoms with van der Waals surface area (Å²) in [6, 6.07) is 7.38. The van der Waals surface area contributed by atoms with Crippen LogP contribution in [-0.2, 0) is 9.31 Å². The minimum atomic E-state index is -0.895. The lowest BCUT2D eigenvalue weighted by molar-refractivity contribution is 0.00578. The van der Waals surface area contributed by atoms with Gasteiger partial charge in [0, 0.05) is 0 Å². The Labute approximate surface area is 124 Å². The topological polar surface area (TPSA) is 27.7 Å². The first-order valence-corrected chi connectivity index (χ1v) is 6.99. The molecular formula is C13H17BCl2O3. The molecule has 0 atom stereocenters. The molecule has 1 aliphatic heterocycles. The summed E-state index contributed by atoms with van der Waals surface area (Å²) in [5, 5.41) is -0.895. The third-order valence-electron chi connectivity index (χ3n) is 3.61. The van der Waals surface area contributed by atoms with E-state index in [4.69, 9.17) is 37.2 Å². The Kier molecular flexibility index (Phi) is 4.08. The fourth-order valence-corrected chi connectivity index (χ4v) is 2.02. The first-order chi connectivity index (χ1) is 8.71. The average molecular weight is 303 g/mol. The summed E-state index contributed by atoms with van der Waals surface area (Å²) in [5.74, 6) is 0.585. The summed E-state index contributed by atoms with van der Waals surface area (Å²) in [7, 11) is -0.419. The third kappa shape index (κ3) is 3.19. The summed E-state index contributed by atoms with van der Waals surface area (Å²) in [6.45, 7) is 8.06. The van der Waals surface area contributed by atoms with Gasteiger partial charge in [0.25, 0.3) is 0 Å². The lowest BCUT2D eigenvalue weighted by Crippen LogP contribution is -2.41. The largest absolute Gasteiger partial charge is 0.494 e. The normalized spacial score (nSPS) is 20.9. The molecule has 19 heavy (non-hydrogen) atoms. The lowest BCUT2D eigenvalue weighted by Gasteiger charge is -2.32. The van der Waals surface area contributed by atoms with E-state index in [0.29, 0.717) is 5.75 Å². The number of hydrogen-bond donors (Lipinski definition) is 0. The molecule has 6 heteroatoms. The Balaban J connectivity index is 2.20. The number of ether oxygens (including phenoxy) is 1. The summed E-state index contributed by atoms with van der Waals surface area (Å²) < 4.78 is 17.2. The van der Waals surface area contributed by atoms with Gasteiger partial charge in [-0.25, -0.2) is 0 Å². The second kappa shape index (κ2) is 5.17. The maximum absolute atomic E-state index is 5.97. The minimum Gasteiger partial charge on any atom is -0.461 e. The Hall–Kier alpha value is -0.415. The van der Waals surface area contributed by atoms with Crippen molar-refractivity contribution in [1.29, 1.82) is 0 Å². The van der Waals surface area contributed by atoms with Crippen LogP contribution in [-0.4, -0.2) is 23.3 Å². The maximum atomic E-state index is 5.97. The van der Waals surface area contributed by atoms with Crippen LogP contribution in [0.25, 0.3) is 0 Å². The van der Waals surface area contributed by atoms with Gasteiger partial charge >= 0.3 is 7.12 Å². The Morgan fingerprint density at radius 1 is 1.11 bits per heavy atom. The highest BCUT2D eigenvalue weighted by Crippen LogP contribution is 2.36. The number of hydrogen-bond acceptors (Lipinski definition) is 3. The van der Waals surface area contributed by atoms with Crippen LogP contribution in [0.4, 0.5) is 0 Å². The van der Waals surface area contributed by atoms with Crippen molar-refractivity contribution in [3.8, 4) is 5.75 Å². The van der Waals surface area contributed by atoms with Crippen molar-refractivity contribution in [2.75, 3.05) is 0 Å². The standard InChI is InChI=1S/C13H17BCl2O3/c1-12(2)13(3,4)19-14(18-12)9-6-5-7-10(8-9)17-11(15)16/h5-8,11H,1-4H3. The molecular weight excluding hydrogens is 286 g/mol. The second-order valence-corrected chi connectivity index (χ2v) is 6.56. The van der Waals surface area contributed by atoms with Gasteiger partial charge in [-0.05, 0) is 45.3 Å². The third-order valence-corrected chi connectivity index (χ3v) is 3.79. The SMILES string of the molecule is CC1(C)OB(c2cccc(OC(Cl)Cl)c2)OC1(C)C. The molecule has 0 aromatic heterocycles. The average Bonchev–Trinajstić information content (AvgIpc) is 2.47. The first kappa shape index (κ1) is 15.0. The van der Waals surface area contributed by atoms with E-state index in [-0.39, 0.29) is 11.2 Å². The molecule has 1 aliphatic rings. The molecule has 0 amide bonds. The van der Waals surface area contributed by atoms with Crippen molar-refractivity contribution in [3.63, 3.8) is 0 Å². The molecule has 0 spiro atoms. The van der Waals surface area contributed by atoms with Crippen molar-refractivity contribution in [3.05, 3.63) is 24.3 Å². The van der Waals surface area contributed by atoms with E-state index >= 15 is 0 Å². The molecule has 3 nitrogen and oxygen atoms in total. The van der Waals surface area contributed by atoms with Gasteiger partial charge in [0.1, 0.15) is 5.75 Å². The van der Waals surface area contributed by atoms with Crippen molar-refractivity contribution < 1.29 is 14.0 Å². The summed E-state index contributed by atoms with van der Waals surface area (Å²) in [4.78, 5) is 0. The quantitative estimate of drug-likeness (QED) is 0.634. The molecule has 0 unspecified atom stereocenters. The van der Waals surface area contributed by atoms with Crippen molar-refractivity contribution in [2.45, 2.75) is 43.9 Å². The van der Waals surface area contributed by atoms with Crippen LogP contribution in [0.2, 0.25) is 0 Å². The second-order valence-electron chi connectivity index (χ2n) is 5.54. The van der Waals surface area contributed by atoms with Crippen LogP contribution < -0.4 is 10.2 Å². The van der Waals surface area contributed by atoms with E-state index in [9.17, 15) is 0 Å². The van der Waals surface area contributed by atoms with Crippen LogP contribution >= 0.6 is 23.2 Å². The lowest BCUT2D eigenvalue weighted by atomic mass is 9.79. The van der Waals surface area contributed by atoms with Crippen LogP contribution in [0.15, 0.2) is 24.3 Å².